The number of benzene rings is 2. The van der Waals surface area contributed by atoms with Crippen molar-refractivity contribution in [2.75, 3.05) is 39.8 Å². The van der Waals surface area contributed by atoms with Crippen molar-refractivity contribution in [3.63, 3.8) is 0 Å². The minimum atomic E-state index is -0.291. The molecule has 2 aliphatic rings. The summed E-state index contributed by atoms with van der Waals surface area (Å²) in [5.41, 5.74) is 2.40. The molecule has 0 N–H and O–H groups in total. The molecule has 2 aliphatic heterocycles. The zero-order valence-corrected chi connectivity index (χ0v) is 17.7. The number of hydrogen-bond acceptors (Lipinski definition) is 3. The molecule has 30 heavy (non-hydrogen) atoms. The number of hydrogen-bond donors (Lipinski definition) is 0. The van der Waals surface area contributed by atoms with Crippen molar-refractivity contribution < 1.29 is 13.9 Å². The SMILES string of the molecule is COC(=O)N1CC(CN2CCC(Cc3ccccc3)CC2)C(c2cccc(F)c2)C1. The van der Waals surface area contributed by atoms with E-state index in [1.165, 1.54) is 31.6 Å². The summed E-state index contributed by atoms with van der Waals surface area (Å²) in [5, 5.41) is 0. The Morgan fingerprint density at radius 2 is 1.83 bits per heavy atom. The summed E-state index contributed by atoms with van der Waals surface area (Å²) in [4.78, 5) is 16.4. The Morgan fingerprint density at radius 3 is 2.53 bits per heavy atom. The van der Waals surface area contributed by atoms with E-state index in [9.17, 15) is 9.18 Å². The van der Waals surface area contributed by atoms with E-state index in [1.807, 2.05) is 6.07 Å². The minimum Gasteiger partial charge on any atom is -0.453 e. The molecule has 0 spiro atoms. The van der Waals surface area contributed by atoms with Crippen LogP contribution in [0.25, 0.3) is 0 Å². The lowest BCUT2D eigenvalue weighted by molar-refractivity contribution is 0.127. The van der Waals surface area contributed by atoms with Gasteiger partial charge in [-0.15, -0.1) is 0 Å². The molecule has 0 aromatic heterocycles. The van der Waals surface area contributed by atoms with E-state index >= 15 is 0 Å². The smallest absolute Gasteiger partial charge is 0.409 e. The first-order valence-corrected chi connectivity index (χ1v) is 11.0. The van der Waals surface area contributed by atoms with Crippen LogP contribution in [0.15, 0.2) is 54.6 Å². The van der Waals surface area contributed by atoms with Gasteiger partial charge < -0.3 is 14.5 Å². The van der Waals surface area contributed by atoms with E-state index in [0.29, 0.717) is 13.1 Å². The summed E-state index contributed by atoms with van der Waals surface area (Å²) in [7, 11) is 1.42. The van der Waals surface area contributed by atoms with Gasteiger partial charge in [0.15, 0.2) is 0 Å². The number of carbonyl (C=O) groups is 1. The van der Waals surface area contributed by atoms with Gasteiger partial charge in [0.1, 0.15) is 5.82 Å². The van der Waals surface area contributed by atoms with Gasteiger partial charge in [-0.1, -0.05) is 42.5 Å². The summed E-state index contributed by atoms with van der Waals surface area (Å²) in [5.74, 6) is 0.945. The van der Waals surface area contributed by atoms with Gasteiger partial charge in [0.25, 0.3) is 0 Å². The number of carbonyl (C=O) groups excluding carboxylic acids is 1. The zero-order chi connectivity index (χ0) is 20.9. The van der Waals surface area contributed by atoms with Crippen LogP contribution in [0.1, 0.15) is 29.9 Å². The molecule has 2 fully saturated rings. The molecule has 2 aromatic carbocycles. The number of halogens is 1. The highest BCUT2D eigenvalue weighted by Crippen LogP contribution is 2.35. The lowest BCUT2D eigenvalue weighted by Gasteiger charge is -2.34. The van der Waals surface area contributed by atoms with Crippen LogP contribution in [0.2, 0.25) is 0 Å². The molecule has 4 rings (SSSR count). The summed E-state index contributed by atoms with van der Waals surface area (Å²) in [6.45, 7) is 4.36. The average molecular weight is 411 g/mol. The van der Waals surface area contributed by atoms with E-state index in [1.54, 1.807) is 17.0 Å². The molecule has 2 atom stereocenters. The van der Waals surface area contributed by atoms with E-state index in [2.05, 4.69) is 35.2 Å². The highest BCUT2D eigenvalue weighted by atomic mass is 19.1. The van der Waals surface area contributed by atoms with Crippen LogP contribution >= 0.6 is 0 Å². The molecule has 0 saturated carbocycles. The number of amides is 1. The van der Waals surface area contributed by atoms with Crippen LogP contribution in [0.4, 0.5) is 9.18 Å². The van der Waals surface area contributed by atoms with E-state index in [0.717, 1.165) is 37.5 Å². The predicted octanol–water partition coefficient (Wildman–Crippen LogP) is 4.56. The molecule has 0 radical (unpaired) electrons. The van der Waals surface area contributed by atoms with Crippen LogP contribution in [0.3, 0.4) is 0 Å². The molecule has 0 aliphatic carbocycles. The van der Waals surface area contributed by atoms with Crippen LogP contribution < -0.4 is 0 Å². The van der Waals surface area contributed by atoms with Gasteiger partial charge in [-0.05, 0) is 67.4 Å². The number of methoxy groups -OCH3 is 1. The second kappa shape index (κ2) is 9.61. The maximum atomic E-state index is 13.8. The zero-order valence-electron chi connectivity index (χ0n) is 17.7. The fourth-order valence-corrected chi connectivity index (χ4v) is 5.10. The minimum absolute atomic E-state index is 0.141. The number of nitrogens with zero attached hydrogens (tertiary/aromatic N) is 2. The molecule has 0 bridgehead atoms. The van der Waals surface area contributed by atoms with Crippen molar-refractivity contribution in [1.82, 2.24) is 9.80 Å². The van der Waals surface area contributed by atoms with Gasteiger partial charge in [0.05, 0.1) is 7.11 Å². The third-order valence-corrected chi connectivity index (χ3v) is 6.72. The molecule has 4 nitrogen and oxygen atoms in total. The fourth-order valence-electron chi connectivity index (χ4n) is 5.10. The summed E-state index contributed by atoms with van der Waals surface area (Å²) in [6.07, 6.45) is 3.26. The first kappa shape index (κ1) is 20.9. The lowest BCUT2D eigenvalue weighted by Crippen LogP contribution is -2.39. The van der Waals surface area contributed by atoms with Gasteiger partial charge in [0, 0.05) is 25.6 Å². The van der Waals surface area contributed by atoms with E-state index in [4.69, 9.17) is 4.74 Å². The number of piperidine rings is 1. The number of ether oxygens (including phenoxy) is 1. The third-order valence-electron chi connectivity index (χ3n) is 6.72. The lowest BCUT2D eigenvalue weighted by atomic mass is 9.86. The number of rotatable bonds is 5. The standard InChI is InChI=1S/C25H31FN2O2/c1-30-25(29)28-17-22(24(18-28)21-8-5-9-23(26)15-21)16-27-12-10-20(11-13-27)14-19-6-3-2-4-7-19/h2-9,15,20,22,24H,10-14,16-18H2,1H3. The average Bonchev–Trinajstić information content (AvgIpc) is 3.19. The Kier molecular flexibility index (Phi) is 6.68. The van der Waals surface area contributed by atoms with Crippen LogP contribution in [0, 0.1) is 17.7 Å². The summed E-state index contributed by atoms with van der Waals surface area (Å²) >= 11 is 0. The van der Waals surface area contributed by atoms with Gasteiger partial charge in [-0.25, -0.2) is 9.18 Å². The molecular weight excluding hydrogens is 379 g/mol. The second-order valence-corrected chi connectivity index (χ2v) is 8.73. The van der Waals surface area contributed by atoms with Crippen LogP contribution in [-0.4, -0.2) is 55.7 Å². The van der Waals surface area contributed by atoms with Crippen molar-refractivity contribution in [2.45, 2.75) is 25.2 Å². The van der Waals surface area contributed by atoms with Gasteiger partial charge in [0.2, 0.25) is 0 Å². The molecule has 2 heterocycles. The Labute approximate surface area is 178 Å². The second-order valence-electron chi connectivity index (χ2n) is 8.73. The normalized spacial score (nSPS) is 22.9. The predicted molar refractivity (Wildman–Crippen MR) is 116 cm³/mol. The van der Waals surface area contributed by atoms with Gasteiger partial charge in [-0.2, -0.15) is 0 Å². The van der Waals surface area contributed by atoms with Crippen molar-refractivity contribution >= 4 is 6.09 Å². The van der Waals surface area contributed by atoms with Crippen molar-refractivity contribution in [3.8, 4) is 0 Å². The van der Waals surface area contributed by atoms with Crippen LogP contribution in [-0.2, 0) is 11.2 Å². The molecule has 160 valence electrons. The monoisotopic (exact) mass is 410 g/mol. The summed E-state index contributed by atoms with van der Waals surface area (Å²) < 4.78 is 18.8. The first-order valence-electron chi connectivity index (χ1n) is 11.0. The van der Waals surface area contributed by atoms with Gasteiger partial charge >= 0.3 is 6.09 Å². The first-order chi connectivity index (χ1) is 14.6. The quantitative estimate of drug-likeness (QED) is 0.724. The maximum Gasteiger partial charge on any atom is 0.409 e. The molecule has 5 heteroatoms. The molecular formula is C25H31FN2O2. The van der Waals surface area contributed by atoms with Crippen molar-refractivity contribution in [3.05, 3.63) is 71.5 Å². The maximum absolute atomic E-state index is 13.8. The topological polar surface area (TPSA) is 32.8 Å². The Hall–Kier alpha value is -2.40. The summed E-state index contributed by atoms with van der Waals surface area (Å²) in [6, 6.07) is 17.6. The van der Waals surface area contributed by atoms with Crippen molar-refractivity contribution in [2.24, 2.45) is 11.8 Å². The highest BCUT2D eigenvalue weighted by molar-refractivity contribution is 5.68. The Bertz CT molecular complexity index is 836. The largest absolute Gasteiger partial charge is 0.453 e. The van der Waals surface area contributed by atoms with E-state index < -0.39 is 0 Å². The van der Waals surface area contributed by atoms with Crippen molar-refractivity contribution in [1.29, 1.82) is 0 Å². The molecule has 2 saturated heterocycles. The molecule has 2 unspecified atom stereocenters. The van der Waals surface area contributed by atoms with E-state index in [-0.39, 0.29) is 23.7 Å². The van der Waals surface area contributed by atoms with Gasteiger partial charge in [-0.3, -0.25) is 0 Å². The van der Waals surface area contributed by atoms with Crippen LogP contribution in [0.5, 0.6) is 0 Å². The fraction of sp³-hybridized carbons (Fsp3) is 0.480. The third kappa shape index (κ3) is 5.01. The Balaban J connectivity index is 1.37. The number of likely N-dealkylation sites (tertiary alicyclic amines) is 2. The highest BCUT2D eigenvalue weighted by Gasteiger charge is 2.38. The molecule has 2 aromatic rings. The molecule has 1 amide bonds. The Morgan fingerprint density at radius 1 is 1.07 bits per heavy atom.